The Morgan fingerprint density at radius 2 is 1.73 bits per heavy atom. The third kappa shape index (κ3) is 4.29. The number of H-pyrrole nitrogens is 1. The maximum atomic E-state index is 6.53. The molecule has 10 heteroatoms. The van der Waals surface area contributed by atoms with Gasteiger partial charge in [-0.15, -0.1) is 11.3 Å². The SMILES string of the molecule is CN1CCN(C2CCC(n3nc(-c4cc(-c5cc6ccccc6s5)c5[nH]ncc5c4)c4c(N)ncnc43)CC2)CC1. The number of fused-ring (bicyclic) bond motifs is 3. The van der Waals surface area contributed by atoms with Crippen molar-refractivity contribution in [1.82, 2.24) is 39.7 Å². The first-order valence-electron chi connectivity index (χ1n) is 14.5. The van der Waals surface area contributed by atoms with Crippen molar-refractivity contribution in [3.8, 4) is 21.7 Å². The Kier molecular flexibility index (Phi) is 6.01. The predicted octanol–water partition coefficient (Wildman–Crippen LogP) is 5.56. The first-order valence-corrected chi connectivity index (χ1v) is 15.3. The number of hydrogen-bond donors (Lipinski definition) is 2. The molecule has 1 saturated carbocycles. The first-order chi connectivity index (χ1) is 20.1. The molecule has 208 valence electrons. The van der Waals surface area contributed by atoms with Crippen LogP contribution in [-0.2, 0) is 0 Å². The van der Waals surface area contributed by atoms with Crippen LogP contribution in [0.1, 0.15) is 31.7 Å². The van der Waals surface area contributed by atoms with Gasteiger partial charge in [0.2, 0.25) is 0 Å². The maximum Gasteiger partial charge on any atom is 0.164 e. The highest BCUT2D eigenvalue weighted by atomic mass is 32.1. The quantitative estimate of drug-likeness (QED) is 0.289. The van der Waals surface area contributed by atoms with E-state index in [1.807, 2.05) is 6.20 Å². The van der Waals surface area contributed by atoms with Gasteiger partial charge in [-0.2, -0.15) is 10.2 Å². The lowest BCUT2D eigenvalue weighted by atomic mass is 9.90. The molecular weight excluding hydrogens is 530 g/mol. The summed E-state index contributed by atoms with van der Waals surface area (Å²) >= 11 is 1.79. The highest BCUT2D eigenvalue weighted by Gasteiger charge is 2.31. The van der Waals surface area contributed by atoms with Gasteiger partial charge in [-0.3, -0.25) is 10.00 Å². The van der Waals surface area contributed by atoms with Crippen LogP contribution in [0, 0.1) is 0 Å². The summed E-state index contributed by atoms with van der Waals surface area (Å²) in [4.78, 5) is 15.4. The summed E-state index contributed by atoms with van der Waals surface area (Å²) < 4.78 is 3.40. The van der Waals surface area contributed by atoms with Gasteiger partial charge in [-0.05, 0) is 62.4 Å². The molecule has 4 aromatic heterocycles. The lowest BCUT2D eigenvalue weighted by molar-refractivity contribution is 0.0815. The van der Waals surface area contributed by atoms with E-state index in [4.69, 9.17) is 15.8 Å². The highest BCUT2D eigenvalue weighted by Crippen LogP contribution is 2.42. The number of benzene rings is 2. The van der Waals surface area contributed by atoms with Crippen LogP contribution in [0.2, 0.25) is 0 Å². The monoisotopic (exact) mass is 563 g/mol. The van der Waals surface area contributed by atoms with Crippen molar-refractivity contribution in [2.24, 2.45) is 0 Å². The van der Waals surface area contributed by atoms with Gasteiger partial charge in [0.15, 0.2) is 5.65 Å². The largest absolute Gasteiger partial charge is 0.383 e. The number of anilines is 1. The molecule has 1 aliphatic heterocycles. The Bertz CT molecular complexity index is 1840. The van der Waals surface area contributed by atoms with Gasteiger partial charge < -0.3 is 10.6 Å². The topological polar surface area (TPSA) is 105 Å². The fraction of sp³-hybridized carbons (Fsp3) is 0.355. The number of rotatable bonds is 4. The number of nitrogens with two attached hydrogens (primary N) is 1. The Balaban J connectivity index is 1.19. The van der Waals surface area contributed by atoms with Gasteiger partial charge in [-0.1, -0.05) is 18.2 Å². The smallest absolute Gasteiger partial charge is 0.164 e. The number of likely N-dealkylation sites (N-methyl/N-ethyl adjacent to an activating group) is 1. The highest BCUT2D eigenvalue weighted by molar-refractivity contribution is 7.22. The van der Waals surface area contributed by atoms with E-state index in [-0.39, 0.29) is 0 Å². The molecule has 0 radical (unpaired) electrons. The lowest BCUT2D eigenvalue weighted by Crippen LogP contribution is -2.49. The van der Waals surface area contributed by atoms with Gasteiger partial charge in [-0.25, -0.2) is 14.6 Å². The predicted molar refractivity (Wildman–Crippen MR) is 166 cm³/mol. The molecule has 8 rings (SSSR count). The summed E-state index contributed by atoms with van der Waals surface area (Å²) in [7, 11) is 2.22. The zero-order valence-electron chi connectivity index (χ0n) is 23.1. The van der Waals surface area contributed by atoms with E-state index in [1.54, 1.807) is 17.7 Å². The summed E-state index contributed by atoms with van der Waals surface area (Å²) in [6, 6.07) is 16.1. The minimum atomic E-state index is 0.295. The number of aromatic nitrogens is 6. The zero-order chi connectivity index (χ0) is 27.5. The van der Waals surface area contributed by atoms with Crippen LogP contribution in [0.4, 0.5) is 5.82 Å². The minimum Gasteiger partial charge on any atom is -0.383 e. The molecule has 0 amide bonds. The van der Waals surface area contributed by atoms with Gasteiger partial charge in [0, 0.05) is 58.3 Å². The molecule has 3 N–H and O–H groups in total. The molecule has 2 aliphatic rings. The molecule has 9 nitrogen and oxygen atoms in total. The number of nitrogens with one attached hydrogen (secondary N) is 1. The molecule has 1 aliphatic carbocycles. The van der Waals surface area contributed by atoms with Crippen LogP contribution in [0.5, 0.6) is 0 Å². The van der Waals surface area contributed by atoms with E-state index in [0.29, 0.717) is 17.9 Å². The number of nitrogens with zero attached hydrogens (tertiary/aromatic N) is 7. The number of piperazine rings is 1. The number of hydrogen-bond acceptors (Lipinski definition) is 8. The van der Waals surface area contributed by atoms with Crippen molar-refractivity contribution in [2.45, 2.75) is 37.8 Å². The third-order valence-electron chi connectivity index (χ3n) is 9.10. The van der Waals surface area contributed by atoms with E-state index in [9.17, 15) is 0 Å². The second-order valence-corrected chi connectivity index (χ2v) is 12.6. The van der Waals surface area contributed by atoms with E-state index in [1.165, 1.54) is 40.9 Å². The van der Waals surface area contributed by atoms with Crippen LogP contribution in [0.25, 0.3) is 53.7 Å². The Labute approximate surface area is 242 Å². The van der Waals surface area contributed by atoms with Crippen LogP contribution in [0.15, 0.2) is 55.0 Å². The molecular formula is C31H33N9S. The summed E-state index contributed by atoms with van der Waals surface area (Å²) in [5, 5.41) is 16.0. The van der Waals surface area contributed by atoms with Gasteiger partial charge in [0.05, 0.1) is 23.1 Å². The van der Waals surface area contributed by atoms with Crippen LogP contribution < -0.4 is 5.73 Å². The molecule has 6 aromatic rings. The molecule has 5 heterocycles. The molecule has 41 heavy (non-hydrogen) atoms. The van der Waals surface area contributed by atoms with Gasteiger partial charge in [0.1, 0.15) is 17.8 Å². The molecule has 2 fully saturated rings. The molecule has 0 bridgehead atoms. The van der Waals surface area contributed by atoms with E-state index in [0.717, 1.165) is 64.7 Å². The van der Waals surface area contributed by atoms with Gasteiger partial charge in [0.25, 0.3) is 0 Å². The molecule has 0 unspecified atom stereocenters. The van der Waals surface area contributed by atoms with Crippen LogP contribution >= 0.6 is 11.3 Å². The van der Waals surface area contributed by atoms with Gasteiger partial charge >= 0.3 is 0 Å². The zero-order valence-corrected chi connectivity index (χ0v) is 23.9. The summed E-state index contributed by atoms with van der Waals surface area (Å²) in [6.07, 6.45) is 7.99. The second-order valence-electron chi connectivity index (χ2n) is 11.6. The second kappa shape index (κ2) is 9.90. The van der Waals surface area contributed by atoms with E-state index in [2.05, 4.69) is 79.2 Å². The fourth-order valence-corrected chi connectivity index (χ4v) is 7.90. The lowest BCUT2D eigenvalue weighted by Gasteiger charge is -2.41. The van der Waals surface area contributed by atoms with Crippen molar-refractivity contribution in [1.29, 1.82) is 0 Å². The normalized spacial score (nSPS) is 20.9. The Hall–Kier alpha value is -3.86. The Morgan fingerprint density at radius 1 is 0.927 bits per heavy atom. The average molecular weight is 564 g/mol. The summed E-state index contributed by atoms with van der Waals surface area (Å²) in [5.41, 5.74) is 11.3. The van der Waals surface area contributed by atoms with E-state index < -0.39 is 0 Å². The summed E-state index contributed by atoms with van der Waals surface area (Å²) in [5.74, 6) is 0.470. The molecule has 0 atom stereocenters. The number of aromatic amines is 1. The van der Waals surface area contributed by atoms with Crippen molar-refractivity contribution < 1.29 is 0 Å². The molecule has 0 spiro atoms. The molecule has 2 aromatic carbocycles. The number of thiophene rings is 1. The average Bonchev–Trinajstić information content (AvgIpc) is 3.74. The number of nitrogen functional groups attached to an aromatic ring is 1. The Morgan fingerprint density at radius 3 is 2.56 bits per heavy atom. The summed E-state index contributed by atoms with van der Waals surface area (Å²) in [6.45, 7) is 4.66. The minimum absolute atomic E-state index is 0.295. The standard InChI is InChI=1S/C31H33N9S/c1-38-10-12-39(13-11-38)22-6-8-23(9-7-22)40-31-27(30(32)33-18-34-31)29(37-40)20-14-21-17-35-36-28(21)24(15-20)26-16-19-4-2-3-5-25(19)41-26/h2-5,14-18,22-23H,6-13H2,1H3,(H,35,36)(H2,32,33,34). The van der Waals surface area contributed by atoms with Crippen LogP contribution in [0.3, 0.4) is 0 Å². The van der Waals surface area contributed by atoms with Crippen molar-refractivity contribution >= 4 is 49.2 Å². The molecule has 1 saturated heterocycles. The van der Waals surface area contributed by atoms with Crippen molar-refractivity contribution in [3.63, 3.8) is 0 Å². The third-order valence-corrected chi connectivity index (χ3v) is 10.2. The van der Waals surface area contributed by atoms with Crippen LogP contribution in [-0.4, -0.2) is 79.0 Å². The van der Waals surface area contributed by atoms with Crippen molar-refractivity contribution in [2.75, 3.05) is 39.0 Å². The first kappa shape index (κ1) is 24.9. The maximum absolute atomic E-state index is 6.53. The van der Waals surface area contributed by atoms with Crippen molar-refractivity contribution in [3.05, 3.63) is 55.0 Å². The fourth-order valence-electron chi connectivity index (χ4n) is 6.81. The van der Waals surface area contributed by atoms with E-state index >= 15 is 0 Å².